The lowest BCUT2D eigenvalue weighted by atomic mass is 10.1. The number of benzene rings is 1. The van der Waals surface area contributed by atoms with Crippen LogP contribution in [-0.4, -0.2) is 16.3 Å². The lowest BCUT2D eigenvalue weighted by Gasteiger charge is -2.13. The van der Waals surface area contributed by atoms with Crippen molar-refractivity contribution in [3.05, 3.63) is 45.7 Å². The van der Waals surface area contributed by atoms with Crippen molar-refractivity contribution in [3.8, 4) is 5.69 Å². The number of hydrogen-bond donors (Lipinski definition) is 1. The highest BCUT2D eigenvalue weighted by molar-refractivity contribution is 6.31. The maximum absolute atomic E-state index is 6.38. The van der Waals surface area contributed by atoms with E-state index in [9.17, 15) is 0 Å². The quantitative estimate of drug-likeness (QED) is 0.845. The molecule has 0 aliphatic heterocycles. The van der Waals surface area contributed by atoms with Gasteiger partial charge < -0.3 is 5.32 Å². The molecule has 2 aromatic rings. The SMILES string of the molecule is CCCNCc1c(Cl)cccc1-n1nc(C)c(C)c1C. The number of nitrogens with one attached hydrogen (secondary N) is 1. The van der Waals surface area contributed by atoms with E-state index in [0.717, 1.165) is 41.5 Å². The standard InChI is InChI=1S/C16H22ClN3/c1-5-9-18-10-14-15(17)7-6-8-16(14)20-13(4)11(2)12(3)19-20/h6-8,18H,5,9-10H2,1-4H3. The largest absolute Gasteiger partial charge is 0.313 e. The summed E-state index contributed by atoms with van der Waals surface area (Å²) in [6.45, 7) is 10.2. The van der Waals surface area contributed by atoms with Crippen molar-refractivity contribution < 1.29 is 0 Å². The molecule has 0 aliphatic carbocycles. The van der Waals surface area contributed by atoms with Gasteiger partial charge in [0, 0.05) is 22.8 Å². The molecule has 0 atom stereocenters. The van der Waals surface area contributed by atoms with Gasteiger partial charge in [0.25, 0.3) is 0 Å². The van der Waals surface area contributed by atoms with E-state index in [0.29, 0.717) is 0 Å². The number of hydrogen-bond acceptors (Lipinski definition) is 2. The highest BCUT2D eigenvalue weighted by Gasteiger charge is 2.14. The molecule has 0 fully saturated rings. The van der Waals surface area contributed by atoms with Crippen molar-refractivity contribution >= 4 is 11.6 Å². The van der Waals surface area contributed by atoms with E-state index in [4.69, 9.17) is 11.6 Å². The predicted octanol–water partition coefficient (Wildman–Crippen LogP) is 3.95. The third-order valence-corrected chi connectivity index (χ3v) is 4.06. The topological polar surface area (TPSA) is 29.9 Å². The van der Waals surface area contributed by atoms with Gasteiger partial charge in [-0.3, -0.25) is 0 Å². The highest BCUT2D eigenvalue weighted by atomic mass is 35.5. The Morgan fingerprint density at radius 1 is 1.25 bits per heavy atom. The second kappa shape index (κ2) is 6.42. The van der Waals surface area contributed by atoms with Crippen molar-refractivity contribution in [2.45, 2.75) is 40.7 Å². The van der Waals surface area contributed by atoms with E-state index in [1.807, 2.05) is 23.7 Å². The van der Waals surface area contributed by atoms with Crippen LogP contribution in [0.5, 0.6) is 0 Å². The molecule has 1 aromatic heterocycles. The van der Waals surface area contributed by atoms with Gasteiger partial charge in [0.2, 0.25) is 0 Å². The van der Waals surface area contributed by atoms with E-state index in [1.165, 1.54) is 11.3 Å². The maximum atomic E-state index is 6.38. The number of rotatable bonds is 5. The molecule has 2 rings (SSSR count). The average Bonchev–Trinajstić information content (AvgIpc) is 2.68. The first-order chi connectivity index (χ1) is 9.56. The van der Waals surface area contributed by atoms with Crippen molar-refractivity contribution in [3.63, 3.8) is 0 Å². The van der Waals surface area contributed by atoms with Crippen LogP contribution in [0.4, 0.5) is 0 Å². The van der Waals surface area contributed by atoms with Gasteiger partial charge in [-0.2, -0.15) is 5.10 Å². The summed E-state index contributed by atoms with van der Waals surface area (Å²) in [6, 6.07) is 5.99. The van der Waals surface area contributed by atoms with Crippen LogP contribution in [0.1, 0.15) is 35.9 Å². The van der Waals surface area contributed by atoms with Gasteiger partial charge in [-0.25, -0.2) is 4.68 Å². The van der Waals surface area contributed by atoms with E-state index in [2.05, 4.69) is 37.3 Å². The molecule has 108 valence electrons. The smallest absolute Gasteiger partial charge is 0.0708 e. The summed E-state index contributed by atoms with van der Waals surface area (Å²) in [7, 11) is 0. The van der Waals surface area contributed by atoms with Crippen molar-refractivity contribution in [1.29, 1.82) is 0 Å². The Morgan fingerprint density at radius 3 is 2.60 bits per heavy atom. The normalized spacial score (nSPS) is 11.1. The van der Waals surface area contributed by atoms with Crippen molar-refractivity contribution in [2.24, 2.45) is 0 Å². The zero-order valence-corrected chi connectivity index (χ0v) is 13.4. The summed E-state index contributed by atoms with van der Waals surface area (Å²) >= 11 is 6.38. The Bertz CT molecular complexity index is 602. The zero-order chi connectivity index (χ0) is 14.7. The molecule has 1 aromatic carbocycles. The summed E-state index contributed by atoms with van der Waals surface area (Å²) in [4.78, 5) is 0. The molecule has 3 nitrogen and oxygen atoms in total. The second-order valence-electron chi connectivity index (χ2n) is 5.12. The minimum atomic E-state index is 0.764. The van der Waals surface area contributed by atoms with Crippen LogP contribution in [0, 0.1) is 20.8 Å². The molecule has 1 N–H and O–H groups in total. The fraction of sp³-hybridized carbons (Fsp3) is 0.438. The van der Waals surface area contributed by atoms with E-state index in [1.54, 1.807) is 0 Å². The van der Waals surface area contributed by atoms with Gasteiger partial charge in [-0.1, -0.05) is 24.6 Å². The third kappa shape index (κ3) is 2.89. The molecule has 0 spiro atoms. The molecule has 0 radical (unpaired) electrons. The summed E-state index contributed by atoms with van der Waals surface area (Å²) < 4.78 is 2.00. The molecule has 4 heteroatoms. The fourth-order valence-electron chi connectivity index (χ4n) is 2.27. The Kier molecular flexibility index (Phi) is 4.84. The number of nitrogens with zero attached hydrogens (tertiary/aromatic N) is 2. The van der Waals surface area contributed by atoms with Gasteiger partial charge in [-0.15, -0.1) is 0 Å². The first-order valence-electron chi connectivity index (χ1n) is 7.07. The Morgan fingerprint density at radius 2 is 2.00 bits per heavy atom. The summed E-state index contributed by atoms with van der Waals surface area (Å²) in [5, 5.41) is 8.85. The van der Waals surface area contributed by atoms with Crippen molar-refractivity contribution in [2.75, 3.05) is 6.54 Å². The van der Waals surface area contributed by atoms with E-state index >= 15 is 0 Å². The van der Waals surface area contributed by atoms with Crippen LogP contribution in [0.3, 0.4) is 0 Å². The number of aromatic nitrogens is 2. The van der Waals surface area contributed by atoms with Crippen LogP contribution < -0.4 is 5.32 Å². The molecule has 20 heavy (non-hydrogen) atoms. The molecule has 0 saturated carbocycles. The highest BCUT2D eigenvalue weighted by Crippen LogP contribution is 2.25. The Labute approximate surface area is 126 Å². The van der Waals surface area contributed by atoms with Gasteiger partial charge >= 0.3 is 0 Å². The van der Waals surface area contributed by atoms with E-state index in [-0.39, 0.29) is 0 Å². The van der Waals surface area contributed by atoms with Crippen LogP contribution in [0.2, 0.25) is 5.02 Å². The van der Waals surface area contributed by atoms with Crippen LogP contribution in [0.15, 0.2) is 18.2 Å². The summed E-state index contributed by atoms with van der Waals surface area (Å²) in [5.74, 6) is 0. The molecule has 0 saturated heterocycles. The zero-order valence-electron chi connectivity index (χ0n) is 12.6. The summed E-state index contributed by atoms with van der Waals surface area (Å²) in [5.41, 5.74) is 5.64. The first kappa shape index (κ1) is 15.1. The van der Waals surface area contributed by atoms with Gasteiger partial charge in [0.15, 0.2) is 0 Å². The van der Waals surface area contributed by atoms with Crippen LogP contribution in [-0.2, 0) is 6.54 Å². The molecule has 0 bridgehead atoms. The minimum absolute atomic E-state index is 0.764. The molecule has 0 amide bonds. The molecular formula is C16H22ClN3. The molecule has 0 aliphatic rings. The van der Waals surface area contributed by atoms with Gasteiger partial charge in [0.05, 0.1) is 11.4 Å². The lowest BCUT2D eigenvalue weighted by Crippen LogP contribution is -2.16. The van der Waals surface area contributed by atoms with Crippen LogP contribution >= 0.6 is 11.6 Å². The third-order valence-electron chi connectivity index (χ3n) is 3.70. The second-order valence-corrected chi connectivity index (χ2v) is 5.53. The van der Waals surface area contributed by atoms with Gasteiger partial charge in [0.1, 0.15) is 0 Å². The molecule has 1 heterocycles. The summed E-state index contributed by atoms with van der Waals surface area (Å²) in [6.07, 6.45) is 1.11. The number of halogens is 1. The molecular weight excluding hydrogens is 270 g/mol. The van der Waals surface area contributed by atoms with E-state index < -0.39 is 0 Å². The monoisotopic (exact) mass is 291 g/mol. The lowest BCUT2D eigenvalue weighted by molar-refractivity contribution is 0.669. The minimum Gasteiger partial charge on any atom is -0.313 e. The Balaban J connectivity index is 2.45. The van der Waals surface area contributed by atoms with Gasteiger partial charge in [-0.05, 0) is 51.4 Å². The Hall–Kier alpha value is -1.32. The molecule has 0 unspecified atom stereocenters. The predicted molar refractivity (Wildman–Crippen MR) is 84.8 cm³/mol. The number of aryl methyl sites for hydroxylation is 1. The average molecular weight is 292 g/mol. The van der Waals surface area contributed by atoms with Crippen LogP contribution in [0.25, 0.3) is 5.69 Å². The maximum Gasteiger partial charge on any atom is 0.0708 e. The fourth-order valence-corrected chi connectivity index (χ4v) is 2.50. The van der Waals surface area contributed by atoms with Crippen molar-refractivity contribution in [1.82, 2.24) is 15.1 Å². The first-order valence-corrected chi connectivity index (χ1v) is 7.45.